The molecule has 0 aromatic heterocycles. The van der Waals surface area contributed by atoms with Crippen molar-refractivity contribution in [3.05, 3.63) is 0 Å². The highest BCUT2D eigenvalue weighted by molar-refractivity contribution is 7.00. The molecule has 6 bridgehead atoms. The molecule has 4 heterocycles. The maximum Gasteiger partial charge on any atom is 0.482 e. The Labute approximate surface area is 185 Å². The topological polar surface area (TPSA) is 111 Å². The zero-order chi connectivity index (χ0) is 22.5. The van der Waals surface area contributed by atoms with Crippen LogP contribution in [-0.4, -0.2) is 77.3 Å². The maximum atomic E-state index is 6.50. The lowest BCUT2D eigenvalue weighted by Crippen LogP contribution is -2.82. The molecular weight excluding hydrogens is 537 g/mol. The quantitative estimate of drug-likeness (QED) is 0.429. The Balaban J connectivity index is 1.95. The van der Waals surface area contributed by atoms with Gasteiger partial charge in [0.2, 0.25) is 0 Å². The first-order chi connectivity index (χ1) is 13.3. The van der Waals surface area contributed by atoms with Crippen molar-refractivity contribution in [3.63, 3.8) is 0 Å². The Kier molecular flexibility index (Phi) is 5.61. The van der Waals surface area contributed by atoms with Crippen molar-refractivity contribution < 1.29 is 49.7 Å². The number of hydrogen-bond acceptors (Lipinski definition) is 12. The van der Waals surface area contributed by atoms with E-state index in [1.165, 1.54) is 7.11 Å². The lowest BCUT2D eigenvalue weighted by atomic mass is 11.8. The molecule has 174 valence electrons. The summed E-state index contributed by atoms with van der Waals surface area (Å²) in [7, 11) is -25.3. The van der Waals surface area contributed by atoms with Crippen LogP contribution in [0.5, 0.6) is 0 Å². The number of hydrogen-bond donors (Lipinski definition) is 0. The van der Waals surface area contributed by atoms with Crippen LogP contribution in [0.15, 0.2) is 0 Å². The second-order valence-corrected chi connectivity index (χ2v) is 33.0. The molecule has 0 spiro atoms. The summed E-state index contributed by atoms with van der Waals surface area (Å²) in [4.78, 5) is 0. The van der Waals surface area contributed by atoms with Gasteiger partial charge in [0, 0.05) is 52.9 Å². The molecule has 4 saturated heterocycles. The van der Waals surface area contributed by atoms with Crippen LogP contribution in [0, 0.1) is 0 Å². The third-order valence-electron chi connectivity index (χ3n) is 4.57. The van der Waals surface area contributed by atoms with E-state index in [9.17, 15) is 0 Å². The Morgan fingerprint density at radius 3 is 0.867 bits per heavy atom. The zero-order valence-corrected chi connectivity index (χ0v) is 26.9. The Hall–Kier alpha value is 1.26. The zero-order valence-electron chi connectivity index (χ0n) is 18.9. The summed E-state index contributed by atoms with van der Waals surface area (Å²) in [6.07, 6.45) is 0. The predicted molar refractivity (Wildman–Crippen MR) is 118 cm³/mol. The number of fused-ring (bicyclic) bond motifs is 4. The average Bonchev–Trinajstić information content (AvgIpc) is 2.35. The first-order valence-corrected chi connectivity index (χ1v) is 28.0. The molecular formula is C10H30O12Si8. The van der Waals surface area contributed by atoms with Gasteiger partial charge >= 0.3 is 70.2 Å². The van der Waals surface area contributed by atoms with Gasteiger partial charge in [-0.1, -0.05) is 0 Å². The van der Waals surface area contributed by atoms with E-state index in [0.29, 0.717) is 0 Å². The van der Waals surface area contributed by atoms with Crippen LogP contribution in [-0.2, 0) is 49.7 Å². The van der Waals surface area contributed by atoms with E-state index in [4.69, 9.17) is 49.7 Å². The van der Waals surface area contributed by atoms with Crippen molar-refractivity contribution in [1.29, 1.82) is 0 Å². The van der Waals surface area contributed by atoms with Crippen molar-refractivity contribution in [2.75, 3.05) is 7.11 Å². The van der Waals surface area contributed by atoms with Crippen LogP contribution in [0.1, 0.15) is 0 Å². The largest absolute Gasteiger partial charge is 0.482 e. The molecule has 30 heavy (non-hydrogen) atoms. The fraction of sp³-hybridized carbons (Fsp3) is 1.00. The molecule has 0 aromatic carbocycles. The highest BCUT2D eigenvalue weighted by Crippen LogP contribution is 2.44. The Bertz CT molecular complexity index is 696. The van der Waals surface area contributed by atoms with Gasteiger partial charge in [-0.05, 0) is 13.1 Å². The van der Waals surface area contributed by atoms with Gasteiger partial charge in [-0.3, -0.25) is 0 Å². The summed E-state index contributed by atoms with van der Waals surface area (Å²) >= 11 is 0. The average molecular weight is 567 g/mol. The third-order valence-corrected chi connectivity index (χ3v) is 38.9. The SMILES string of the molecule is CO[Si]1(C)O[Si]2(C)O[Si]3(C)O[Si](C)(C)O[Si]4(C)O[Si](C)(O1)O[Si](C)(O2)O[Si](C)(O3)O4. The van der Waals surface area contributed by atoms with E-state index in [1.54, 1.807) is 45.8 Å². The van der Waals surface area contributed by atoms with Gasteiger partial charge in [0.1, 0.15) is 0 Å². The lowest BCUT2D eigenvalue weighted by Gasteiger charge is -2.57. The van der Waals surface area contributed by atoms with Crippen LogP contribution in [0.4, 0.5) is 0 Å². The highest BCUT2D eigenvalue weighted by atomic mass is 28.6. The molecule has 0 aromatic rings. The summed E-state index contributed by atoms with van der Waals surface area (Å²) in [5, 5.41) is 0. The molecule has 4 atom stereocenters. The Morgan fingerprint density at radius 1 is 0.367 bits per heavy atom. The summed E-state index contributed by atoms with van der Waals surface area (Å²) in [6, 6.07) is 0. The fourth-order valence-corrected chi connectivity index (χ4v) is 47.3. The highest BCUT2D eigenvalue weighted by Gasteiger charge is 2.74. The first-order valence-electron chi connectivity index (χ1n) is 9.60. The van der Waals surface area contributed by atoms with E-state index in [0.717, 1.165) is 0 Å². The van der Waals surface area contributed by atoms with Crippen molar-refractivity contribution >= 4 is 70.2 Å². The molecule has 0 N–H and O–H groups in total. The minimum atomic E-state index is -3.48. The first kappa shape index (κ1) is 24.4. The van der Waals surface area contributed by atoms with E-state index in [1.807, 2.05) is 13.1 Å². The summed E-state index contributed by atoms with van der Waals surface area (Å²) < 4.78 is 76.7. The molecule has 4 rings (SSSR count). The molecule has 12 nitrogen and oxygen atoms in total. The van der Waals surface area contributed by atoms with E-state index in [-0.39, 0.29) is 0 Å². The maximum absolute atomic E-state index is 6.50. The van der Waals surface area contributed by atoms with Gasteiger partial charge in [-0.25, -0.2) is 0 Å². The van der Waals surface area contributed by atoms with Crippen LogP contribution in [0.3, 0.4) is 0 Å². The smallest absolute Gasteiger partial charge is 0.395 e. The van der Waals surface area contributed by atoms with Crippen molar-refractivity contribution in [3.8, 4) is 0 Å². The van der Waals surface area contributed by atoms with E-state index in [2.05, 4.69) is 0 Å². The van der Waals surface area contributed by atoms with Crippen molar-refractivity contribution in [2.45, 2.75) is 58.9 Å². The van der Waals surface area contributed by atoms with Crippen molar-refractivity contribution in [1.82, 2.24) is 0 Å². The summed E-state index contributed by atoms with van der Waals surface area (Å²) in [5.41, 5.74) is 0. The van der Waals surface area contributed by atoms with Gasteiger partial charge in [-0.15, -0.1) is 0 Å². The molecule has 20 heteroatoms. The molecule has 0 aliphatic carbocycles. The molecule has 4 aliphatic heterocycles. The second kappa shape index (κ2) is 6.90. The van der Waals surface area contributed by atoms with Crippen LogP contribution in [0.25, 0.3) is 0 Å². The van der Waals surface area contributed by atoms with Gasteiger partial charge in [0.05, 0.1) is 0 Å². The van der Waals surface area contributed by atoms with Crippen LogP contribution < -0.4 is 0 Å². The predicted octanol–water partition coefficient (Wildman–Crippen LogP) is 1.55. The molecule has 4 fully saturated rings. The summed E-state index contributed by atoms with van der Waals surface area (Å²) in [6.45, 7) is 16.1. The third kappa shape index (κ3) is 4.73. The molecule has 4 aliphatic rings. The van der Waals surface area contributed by atoms with Crippen molar-refractivity contribution in [2.24, 2.45) is 0 Å². The molecule has 4 unspecified atom stereocenters. The normalized spacial score (nSPS) is 58.2. The van der Waals surface area contributed by atoms with Gasteiger partial charge < -0.3 is 49.7 Å². The Morgan fingerprint density at radius 2 is 0.600 bits per heavy atom. The minimum absolute atomic E-state index is 1.52. The lowest BCUT2D eigenvalue weighted by molar-refractivity contribution is 0.00853. The number of rotatable bonds is 1. The molecule has 0 saturated carbocycles. The molecule has 0 amide bonds. The van der Waals surface area contributed by atoms with Gasteiger partial charge in [0.15, 0.2) is 0 Å². The second-order valence-electron chi connectivity index (χ2n) is 8.76. The van der Waals surface area contributed by atoms with Crippen LogP contribution >= 0.6 is 0 Å². The standard InChI is InChI=1S/C10H30O12Si8/c1-11-24(4)14-27(7)16-25(5)12-23(2,3)13-26(6)17-28(8,15-24)21-30(10,20-27)22-29(9,18-25)19-26/h1-10H3. The summed E-state index contributed by atoms with van der Waals surface area (Å²) in [5.74, 6) is 0. The van der Waals surface area contributed by atoms with Gasteiger partial charge in [-0.2, -0.15) is 0 Å². The van der Waals surface area contributed by atoms with E-state index >= 15 is 0 Å². The van der Waals surface area contributed by atoms with Gasteiger partial charge in [0.25, 0.3) is 0 Å². The fourth-order valence-electron chi connectivity index (χ4n) is 4.42. The monoisotopic (exact) mass is 566 g/mol. The van der Waals surface area contributed by atoms with Crippen LogP contribution in [0.2, 0.25) is 58.9 Å². The minimum Gasteiger partial charge on any atom is -0.395 e. The molecule has 0 radical (unpaired) electrons. The van der Waals surface area contributed by atoms with E-state index < -0.39 is 70.2 Å².